The van der Waals surface area contributed by atoms with Gasteiger partial charge in [-0.15, -0.1) is 0 Å². The molecule has 1 rings (SSSR count). The molecule has 3 heteroatoms. The fourth-order valence-electron chi connectivity index (χ4n) is 2.11. The molecule has 1 amide bonds. The molecule has 3 nitrogen and oxygen atoms in total. The first-order valence-corrected chi connectivity index (χ1v) is 7.46. The largest absolute Gasteiger partial charge is 0.340 e. The van der Waals surface area contributed by atoms with Crippen LogP contribution < -0.4 is 5.73 Å². The molecule has 0 saturated carbocycles. The van der Waals surface area contributed by atoms with E-state index in [0.29, 0.717) is 12.5 Å². The lowest BCUT2D eigenvalue weighted by Crippen LogP contribution is -2.45. The lowest BCUT2D eigenvalue weighted by molar-refractivity contribution is -0.132. The zero-order chi connectivity index (χ0) is 15.3. The fourth-order valence-corrected chi connectivity index (χ4v) is 2.11. The van der Waals surface area contributed by atoms with Gasteiger partial charge in [0.25, 0.3) is 0 Å². The van der Waals surface area contributed by atoms with Crippen LogP contribution in [0.5, 0.6) is 0 Å². The van der Waals surface area contributed by atoms with Crippen LogP contribution in [0.2, 0.25) is 0 Å². The Bertz CT molecular complexity index is 425. The summed E-state index contributed by atoms with van der Waals surface area (Å²) in [7, 11) is 1.82. The molecule has 112 valence electrons. The Hall–Kier alpha value is -1.35. The first kappa shape index (κ1) is 16.7. The van der Waals surface area contributed by atoms with E-state index < -0.39 is 6.04 Å². The van der Waals surface area contributed by atoms with Crippen LogP contribution in [-0.4, -0.2) is 23.9 Å². The summed E-state index contributed by atoms with van der Waals surface area (Å²) in [5, 5.41) is 0. The van der Waals surface area contributed by atoms with Crippen molar-refractivity contribution in [1.82, 2.24) is 4.90 Å². The second-order valence-corrected chi connectivity index (χ2v) is 6.00. The van der Waals surface area contributed by atoms with Gasteiger partial charge < -0.3 is 10.6 Å². The van der Waals surface area contributed by atoms with E-state index in [9.17, 15) is 4.79 Å². The van der Waals surface area contributed by atoms with E-state index in [0.717, 1.165) is 12.0 Å². The van der Waals surface area contributed by atoms with Gasteiger partial charge in [0.05, 0.1) is 6.04 Å². The molecule has 0 bridgehead atoms. The number of hydrogen-bond donors (Lipinski definition) is 1. The Labute approximate surface area is 123 Å². The third kappa shape index (κ3) is 4.34. The number of rotatable bonds is 6. The molecule has 20 heavy (non-hydrogen) atoms. The Balaban J connectivity index is 2.65. The second-order valence-electron chi connectivity index (χ2n) is 6.00. The van der Waals surface area contributed by atoms with Gasteiger partial charge in [0.2, 0.25) is 5.91 Å². The number of nitrogens with two attached hydrogens (primary N) is 1. The number of benzene rings is 1. The van der Waals surface area contributed by atoms with E-state index in [1.165, 1.54) is 5.56 Å². The molecule has 2 atom stereocenters. The quantitative estimate of drug-likeness (QED) is 0.867. The van der Waals surface area contributed by atoms with Crippen molar-refractivity contribution in [2.45, 2.75) is 52.6 Å². The Morgan fingerprint density at radius 2 is 1.75 bits per heavy atom. The van der Waals surface area contributed by atoms with E-state index >= 15 is 0 Å². The van der Waals surface area contributed by atoms with Gasteiger partial charge in [0.15, 0.2) is 0 Å². The first-order valence-electron chi connectivity index (χ1n) is 7.46. The monoisotopic (exact) mass is 276 g/mol. The summed E-state index contributed by atoms with van der Waals surface area (Å²) in [4.78, 5) is 13.9. The molecule has 0 aliphatic carbocycles. The normalized spacial score (nSPS) is 14.2. The minimum Gasteiger partial charge on any atom is -0.340 e. The van der Waals surface area contributed by atoms with E-state index in [1.807, 2.05) is 14.0 Å². The van der Waals surface area contributed by atoms with Crippen LogP contribution in [0.4, 0.5) is 0 Å². The molecule has 0 unspecified atom stereocenters. The van der Waals surface area contributed by atoms with Gasteiger partial charge in [-0.25, -0.2) is 0 Å². The maximum atomic E-state index is 12.2. The molecule has 1 aromatic carbocycles. The zero-order valence-electron chi connectivity index (χ0n) is 13.4. The van der Waals surface area contributed by atoms with Crippen LogP contribution in [0.15, 0.2) is 24.3 Å². The summed E-state index contributed by atoms with van der Waals surface area (Å²) < 4.78 is 0. The number of likely N-dealkylation sites (N-methyl/N-ethyl adjacent to an activating group) is 1. The van der Waals surface area contributed by atoms with Crippen molar-refractivity contribution in [3.8, 4) is 0 Å². The minimum absolute atomic E-state index is 0.0206. The predicted molar refractivity (Wildman–Crippen MR) is 84.4 cm³/mol. The van der Waals surface area contributed by atoms with Crippen LogP contribution in [-0.2, 0) is 11.3 Å². The highest BCUT2D eigenvalue weighted by Crippen LogP contribution is 2.16. The SMILES string of the molecule is CC[C@H](C)[C@H](N)C(=O)N(C)Cc1ccc(C(C)C)cc1. The van der Waals surface area contributed by atoms with Crippen molar-refractivity contribution in [3.63, 3.8) is 0 Å². The van der Waals surface area contributed by atoms with Gasteiger partial charge in [-0.05, 0) is 23.0 Å². The molecule has 0 fully saturated rings. The van der Waals surface area contributed by atoms with Gasteiger partial charge in [0, 0.05) is 13.6 Å². The minimum atomic E-state index is -0.403. The summed E-state index contributed by atoms with van der Waals surface area (Å²) in [6.45, 7) is 9.04. The Kier molecular flexibility index (Phi) is 6.21. The van der Waals surface area contributed by atoms with Gasteiger partial charge >= 0.3 is 0 Å². The number of hydrogen-bond acceptors (Lipinski definition) is 2. The van der Waals surface area contributed by atoms with Crippen molar-refractivity contribution in [2.75, 3.05) is 7.05 Å². The summed E-state index contributed by atoms with van der Waals surface area (Å²) >= 11 is 0. The molecule has 1 aromatic rings. The maximum Gasteiger partial charge on any atom is 0.239 e. The number of nitrogens with zero attached hydrogens (tertiary/aromatic N) is 1. The average Bonchev–Trinajstić information content (AvgIpc) is 2.45. The molecule has 0 spiro atoms. The van der Waals surface area contributed by atoms with E-state index in [4.69, 9.17) is 5.73 Å². The Morgan fingerprint density at radius 3 is 2.20 bits per heavy atom. The lowest BCUT2D eigenvalue weighted by atomic mass is 9.98. The van der Waals surface area contributed by atoms with Gasteiger partial charge in [0.1, 0.15) is 0 Å². The van der Waals surface area contributed by atoms with Gasteiger partial charge in [-0.3, -0.25) is 4.79 Å². The predicted octanol–water partition coefficient (Wildman–Crippen LogP) is 3.14. The molecule has 0 aromatic heterocycles. The van der Waals surface area contributed by atoms with Crippen LogP contribution in [0.1, 0.15) is 51.2 Å². The zero-order valence-corrected chi connectivity index (χ0v) is 13.4. The summed E-state index contributed by atoms with van der Waals surface area (Å²) in [5.41, 5.74) is 8.46. The average molecular weight is 276 g/mol. The lowest BCUT2D eigenvalue weighted by Gasteiger charge is -2.24. The Morgan fingerprint density at radius 1 is 1.20 bits per heavy atom. The van der Waals surface area contributed by atoms with Crippen LogP contribution >= 0.6 is 0 Å². The van der Waals surface area contributed by atoms with Crippen molar-refractivity contribution in [2.24, 2.45) is 11.7 Å². The molecule has 0 heterocycles. The van der Waals surface area contributed by atoms with Crippen molar-refractivity contribution < 1.29 is 4.79 Å². The molecule has 2 N–H and O–H groups in total. The standard InChI is InChI=1S/C17H28N2O/c1-6-13(4)16(18)17(20)19(5)11-14-7-9-15(10-8-14)12(2)3/h7-10,12-13,16H,6,11,18H2,1-5H3/t13-,16-/m0/s1. The highest BCUT2D eigenvalue weighted by atomic mass is 16.2. The summed E-state index contributed by atoms with van der Waals surface area (Å²) in [6, 6.07) is 8.04. The van der Waals surface area contributed by atoms with Crippen molar-refractivity contribution in [1.29, 1.82) is 0 Å². The highest BCUT2D eigenvalue weighted by molar-refractivity contribution is 5.81. The molecule has 0 radical (unpaired) electrons. The first-order chi connectivity index (χ1) is 9.36. The molecular formula is C17H28N2O. The van der Waals surface area contributed by atoms with E-state index in [-0.39, 0.29) is 11.8 Å². The van der Waals surface area contributed by atoms with Gasteiger partial charge in [-0.2, -0.15) is 0 Å². The third-order valence-corrected chi connectivity index (χ3v) is 3.98. The van der Waals surface area contributed by atoms with Gasteiger partial charge in [-0.1, -0.05) is 58.4 Å². The topological polar surface area (TPSA) is 46.3 Å². The summed E-state index contributed by atoms with van der Waals surface area (Å²) in [5.74, 6) is 0.766. The van der Waals surface area contributed by atoms with Crippen molar-refractivity contribution in [3.05, 3.63) is 35.4 Å². The smallest absolute Gasteiger partial charge is 0.239 e. The number of amides is 1. The van der Waals surface area contributed by atoms with E-state index in [1.54, 1.807) is 4.90 Å². The molecule has 0 aliphatic heterocycles. The third-order valence-electron chi connectivity index (χ3n) is 3.98. The van der Waals surface area contributed by atoms with Crippen molar-refractivity contribution >= 4 is 5.91 Å². The van der Waals surface area contributed by atoms with Crippen LogP contribution in [0.3, 0.4) is 0 Å². The fraction of sp³-hybridized carbons (Fsp3) is 0.588. The summed E-state index contributed by atoms with van der Waals surface area (Å²) in [6.07, 6.45) is 0.920. The number of carbonyl (C=O) groups excluding carboxylic acids is 1. The van der Waals surface area contributed by atoms with Crippen LogP contribution in [0.25, 0.3) is 0 Å². The number of carbonyl (C=O) groups is 1. The molecule has 0 aliphatic rings. The second kappa shape index (κ2) is 7.44. The van der Waals surface area contributed by atoms with E-state index in [2.05, 4.69) is 45.0 Å². The molecular weight excluding hydrogens is 248 g/mol. The highest BCUT2D eigenvalue weighted by Gasteiger charge is 2.22. The maximum absolute atomic E-state index is 12.2. The van der Waals surface area contributed by atoms with Crippen LogP contribution in [0, 0.1) is 5.92 Å². The molecule has 0 saturated heterocycles.